The number of piperazine rings is 1. The van der Waals surface area contributed by atoms with Crippen molar-refractivity contribution < 1.29 is 9.90 Å². The predicted molar refractivity (Wildman–Crippen MR) is 121 cm³/mol. The molecule has 0 bridgehead atoms. The van der Waals surface area contributed by atoms with Crippen LogP contribution in [0, 0.1) is 0 Å². The largest absolute Gasteiger partial charge is 0.508 e. The monoisotopic (exact) mass is 426 g/mol. The maximum absolute atomic E-state index is 13.3. The number of anilines is 1. The Morgan fingerprint density at radius 2 is 1.59 bits per heavy atom. The summed E-state index contributed by atoms with van der Waals surface area (Å²) < 4.78 is 1.75. The van der Waals surface area contributed by atoms with E-state index in [0.717, 1.165) is 16.9 Å². The summed E-state index contributed by atoms with van der Waals surface area (Å²) in [7, 11) is 0. The van der Waals surface area contributed by atoms with E-state index in [1.54, 1.807) is 47.4 Å². The third-order valence-corrected chi connectivity index (χ3v) is 5.47. The van der Waals surface area contributed by atoms with Gasteiger partial charge in [-0.05, 0) is 36.4 Å². The minimum Gasteiger partial charge on any atom is -0.508 e. The lowest BCUT2D eigenvalue weighted by Crippen LogP contribution is -2.49. The third kappa shape index (κ3) is 3.90. The zero-order valence-corrected chi connectivity index (χ0v) is 17.4. The topological polar surface area (TPSA) is 87.4 Å². The fourth-order valence-corrected chi connectivity index (χ4v) is 3.85. The highest BCUT2D eigenvalue weighted by molar-refractivity contribution is 5.94. The smallest absolute Gasteiger partial charge is 0.274 e. The van der Waals surface area contributed by atoms with Crippen LogP contribution in [-0.4, -0.2) is 61.8 Å². The molecule has 2 aromatic carbocycles. The van der Waals surface area contributed by atoms with Crippen LogP contribution in [0.4, 0.5) is 5.95 Å². The lowest BCUT2D eigenvalue weighted by Gasteiger charge is -2.34. The summed E-state index contributed by atoms with van der Waals surface area (Å²) in [5.74, 6) is 0.726. The van der Waals surface area contributed by atoms with Crippen LogP contribution in [0.1, 0.15) is 10.5 Å². The average molecular weight is 426 g/mol. The molecule has 8 nitrogen and oxygen atoms in total. The molecule has 1 amide bonds. The summed E-state index contributed by atoms with van der Waals surface area (Å²) in [5.41, 5.74) is 2.74. The number of hydrogen-bond donors (Lipinski definition) is 1. The molecule has 0 aliphatic carbocycles. The zero-order chi connectivity index (χ0) is 21.9. The van der Waals surface area contributed by atoms with Gasteiger partial charge < -0.3 is 14.9 Å². The lowest BCUT2D eigenvalue weighted by atomic mass is 10.1. The predicted octanol–water partition coefficient (Wildman–Crippen LogP) is 3.00. The highest BCUT2D eigenvalue weighted by atomic mass is 16.3. The molecule has 0 unspecified atom stereocenters. The van der Waals surface area contributed by atoms with Crippen LogP contribution < -0.4 is 4.90 Å². The molecule has 1 fully saturated rings. The molecule has 8 heteroatoms. The summed E-state index contributed by atoms with van der Waals surface area (Å²) in [4.78, 5) is 25.8. The normalized spacial score (nSPS) is 13.9. The van der Waals surface area contributed by atoms with Gasteiger partial charge in [-0.25, -0.2) is 14.6 Å². The number of phenolic OH excluding ortho intramolecular Hbond substituents is 1. The van der Waals surface area contributed by atoms with E-state index >= 15 is 0 Å². The summed E-state index contributed by atoms with van der Waals surface area (Å²) >= 11 is 0. The molecule has 0 spiro atoms. The molecule has 160 valence electrons. The Hall–Kier alpha value is -4.20. The van der Waals surface area contributed by atoms with E-state index in [1.807, 2.05) is 41.3 Å². The van der Waals surface area contributed by atoms with E-state index in [-0.39, 0.29) is 11.7 Å². The first-order valence-corrected chi connectivity index (χ1v) is 10.5. The minimum atomic E-state index is -0.116. The SMILES string of the molecule is O=C(c1cc(-c2cccc(O)c2)n(-c2ccccc2)n1)N1CCN(c2ncccn2)CC1. The number of hydrogen-bond acceptors (Lipinski definition) is 6. The Kier molecular flexibility index (Phi) is 5.25. The van der Waals surface area contributed by atoms with Gasteiger partial charge >= 0.3 is 0 Å². The molecular weight excluding hydrogens is 404 g/mol. The standard InChI is InChI=1S/C24H22N6O2/c31-20-9-4-6-18(16-20)22-17-21(27-30(22)19-7-2-1-3-8-19)23(32)28-12-14-29(15-13-28)24-25-10-5-11-26-24/h1-11,16-17,31H,12-15H2. The van der Waals surface area contributed by atoms with Gasteiger partial charge in [-0.3, -0.25) is 4.79 Å². The number of aromatic nitrogens is 4. The van der Waals surface area contributed by atoms with Crippen molar-refractivity contribution in [3.05, 3.63) is 84.8 Å². The highest BCUT2D eigenvalue weighted by Crippen LogP contribution is 2.27. The molecule has 1 saturated heterocycles. The zero-order valence-electron chi connectivity index (χ0n) is 17.4. The van der Waals surface area contributed by atoms with Gasteiger partial charge in [0.05, 0.1) is 11.4 Å². The van der Waals surface area contributed by atoms with Crippen molar-refractivity contribution >= 4 is 11.9 Å². The molecule has 32 heavy (non-hydrogen) atoms. The molecule has 0 atom stereocenters. The van der Waals surface area contributed by atoms with E-state index in [9.17, 15) is 9.90 Å². The van der Waals surface area contributed by atoms with Crippen molar-refractivity contribution in [2.45, 2.75) is 0 Å². The molecule has 5 rings (SSSR count). The molecule has 1 aliphatic heterocycles. The number of aromatic hydroxyl groups is 1. The van der Waals surface area contributed by atoms with E-state index < -0.39 is 0 Å². The van der Waals surface area contributed by atoms with Crippen molar-refractivity contribution in [1.29, 1.82) is 0 Å². The summed E-state index contributed by atoms with van der Waals surface area (Å²) in [6.45, 7) is 2.45. The third-order valence-electron chi connectivity index (χ3n) is 5.47. The van der Waals surface area contributed by atoms with Gasteiger partial charge in [0.1, 0.15) is 5.75 Å². The number of carbonyl (C=O) groups excluding carboxylic acids is 1. The first-order chi connectivity index (χ1) is 15.7. The molecule has 4 aromatic rings. The Bertz CT molecular complexity index is 1220. The van der Waals surface area contributed by atoms with Crippen LogP contribution in [-0.2, 0) is 0 Å². The van der Waals surface area contributed by atoms with Crippen molar-refractivity contribution in [2.75, 3.05) is 31.1 Å². The van der Waals surface area contributed by atoms with Crippen LogP contribution in [0.2, 0.25) is 0 Å². The number of carbonyl (C=O) groups is 1. The van der Waals surface area contributed by atoms with Crippen LogP contribution in [0.5, 0.6) is 5.75 Å². The number of amides is 1. The van der Waals surface area contributed by atoms with Crippen molar-refractivity contribution in [1.82, 2.24) is 24.6 Å². The van der Waals surface area contributed by atoms with Gasteiger partial charge in [0, 0.05) is 44.1 Å². The van der Waals surface area contributed by atoms with Crippen molar-refractivity contribution in [2.24, 2.45) is 0 Å². The second kappa shape index (κ2) is 8.50. The second-order valence-corrected chi connectivity index (χ2v) is 7.54. The fourth-order valence-electron chi connectivity index (χ4n) is 3.85. The quantitative estimate of drug-likeness (QED) is 0.540. The first-order valence-electron chi connectivity index (χ1n) is 10.5. The van der Waals surface area contributed by atoms with Gasteiger partial charge in [-0.15, -0.1) is 0 Å². The number of rotatable bonds is 4. The van der Waals surface area contributed by atoms with E-state index in [2.05, 4.69) is 20.0 Å². The van der Waals surface area contributed by atoms with Gasteiger partial charge in [0.15, 0.2) is 5.69 Å². The molecule has 3 heterocycles. The van der Waals surface area contributed by atoms with Gasteiger partial charge in [0.2, 0.25) is 5.95 Å². The Balaban J connectivity index is 1.42. The summed E-state index contributed by atoms with van der Waals surface area (Å²) in [5, 5.41) is 14.6. The fraction of sp³-hybridized carbons (Fsp3) is 0.167. The molecular formula is C24H22N6O2. The first kappa shape index (κ1) is 19.7. The number of benzene rings is 2. The van der Waals surface area contributed by atoms with Crippen LogP contribution in [0.25, 0.3) is 16.9 Å². The van der Waals surface area contributed by atoms with Crippen LogP contribution in [0.15, 0.2) is 79.1 Å². The minimum absolute atomic E-state index is 0.116. The Labute approximate surface area is 185 Å². The van der Waals surface area contributed by atoms with Crippen molar-refractivity contribution in [3.63, 3.8) is 0 Å². The van der Waals surface area contributed by atoms with Crippen LogP contribution >= 0.6 is 0 Å². The maximum Gasteiger partial charge on any atom is 0.274 e. The average Bonchev–Trinajstić information content (AvgIpc) is 3.30. The van der Waals surface area contributed by atoms with Crippen molar-refractivity contribution in [3.8, 4) is 22.7 Å². The van der Waals surface area contributed by atoms with E-state index in [4.69, 9.17) is 0 Å². The number of nitrogens with zero attached hydrogens (tertiary/aromatic N) is 6. The lowest BCUT2D eigenvalue weighted by molar-refractivity contribution is 0.0740. The summed E-state index contributed by atoms with van der Waals surface area (Å²) in [6, 6.07) is 20.2. The number of phenols is 1. The van der Waals surface area contributed by atoms with E-state index in [0.29, 0.717) is 37.8 Å². The molecule has 2 aromatic heterocycles. The van der Waals surface area contributed by atoms with Gasteiger partial charge in [0.25, 0.3) is 5.91 Å². The van der Waals surface area contributed by atoms with Crippen LogP contribution in [0.3, 0.4) is 0 Å². The Morgan fingerprint density at radius 1 is 0.844 bits per heavy atom. The highest BCUT2D eigenvalue weighted by Gasteiger charge is 2.26. The Morgan fingerprint density at radius 3 is 2.31 bits per heavy atom. The van der Waals surface area contributed by atoms with Gasteiger partial charge in [-0.2, -0.15) is 5.10 Å². The molecule has 0 saturated carbocycles. The van der Waals surface area contributed by atoms with E-state index in [1.165, 1.54) is 0 Å². The number of para-hydroxylation sites is 1. The summed E-state index contributed by atoms with van der Waals surface area (Å²) in [6.07, 6.45) is 3.44. The second-order valence-electron chi connectivity index (χ2n) is 7.54. The maximum atomic E-state index is 13.3. The molecule has 0 radical (unpaired) electrons. The molecule has 1 aliphatic rings. The molecule has 1 N–H and O–H groups in total. The van der Waals surface area contributed by atoms with Gasteiger partial charge in [-0.1, -0.05) is 30.3 Å².